The highest BCUT2D eigenvalue weighted by molar-refractivity contribution is 7.85. The summed E-state index contributed by atoms with van der Waals surface area (Å²) in [5.41, 5.74) is 1.75. The smallest absolute Gasteiger partial charge is 0.251 e. The number of carbonyl (C=O) groups is 1. The Morgan fingerprint density at radius 3 is 2.25 bits per heavy atom. The molecule has 0 unspecified atom stereocenters. The van der Waals surface area contributed by atoms with E-state index in [-0.39, 0.29) is 5.91 Å². The molecule has 1 heterocycles. The highest BCUT2D eigenvalue weighted by Crippen LogP contribution is 2.20. The molecule has 0 radical (unpaired) electrons. The Morgan fingerprint density at radius 1 is 1.00 bits per heavy atom. The quantitative estimate of drug-likeness (QED) is 0.891. The minimum atomic E-state index is -0.622. The van der Waals surface area contributed by atoms with Crippen molar-refractivity contribution in [2.45, 2.75) is 37.8 Å². The lowest BCUT2D eigenvalue weighted by molar-refractivity contribution is 0.0951. The lowest BCUT2D eigenvalue weighted by Gasteiger charge is -2.23. The summed E-state index contributed by atoms with van der Waals surface area (Å²) >= 11 is 0. The van der Waals surface area contributed by atoms with Gasteiger partial charge in [0.25, 0.3) is 5.91 Å². The average molecular weight is 292 g/mol. The Hall–Kier alpha value is -1.36. The molecule has 108 valence electrons. The van der Waals surface area contributed by atoms with Crippen molar-refractivity contribution in [1.29, 1.82) is 0 Å². The normalized spacial score (nSPS) is 26.0. The minimum absolute atomic E-state index is 0.0205. The zero-order valence-electron chi connectivity index (χ0n) is 11.4. The molecule has 1 aromatic rings. The topological polar surface area (TPSA) is 58.2 Å². The van der Waals surface area contributed by atoms with Crippen LogP contribution in [0, 0.1) is 0 Å². The van der Waals surface area contributed by atoms with Crippen LogP contribution in [-0.2, 0) is 10.8 Å². The molecule has 1 aliphatic heterocycles. The monoisotopic (exact) mass is 292 g/mol. The molecule has 1 aliphatic carbocycles. The van der Waals surface area contributed by atoms with Crippen LogP contribution in [0.15, 0.2) is 24.3 Å². The van der Waals surface area contributed by atoms with Gasteiger partial charge in [-0.15, -0.1) is 0 Å². The first-order valence-corrected chi connectivity index (χ1v) is 8.72. The second-order valence-electron chi connectivity index (χ2n) is 5.59. The zero-order chi connectivity index (χ0) is 13.9. The van der Waals surface area contributed by atoms with Crippen LogP contribution in [0.2, 0.25) is 0 Å². The first kappa shape index (κ1) is 13.6. The molecule has 1 saturated heterocycles. The fraction of sp³-hybridized carbons (Fsp3) is 0.533. The molecule has 2 aliphatic rings. The second-order valence-corrected chi connectivity index (χ2v) is 7.29. The van der Waals surface area contributed by atoms with Crippen LogP contribution in [0.1, 0.15) is 36.0 Å². The molecular formula is C15H20N2O2S. The highest BCUT2D eigenvalue weighted by atomic mass is 32.2. The van der Waals surface area contributed by atoms with Gasteiger partial charge in [-0.3, -0.25) is 9.00 Å². The lowest BCUT2D eigenvalue weighted by atomic mass is 10.1. The molecule has 5 heteroatoms. The largest absolute Gasteiger partial charge is 0.382 e. The number of hydrogen-bond donors (Lipinski definition) is 2. The van der Waals surface area contributed by atoms with Crippen molar-refractivity contribution in [1.82, 2.24) is 5.32 Å². The number of nitrogens with one attached hydrogen (secondary N) is 2. The van der Waals surface area contributed by atoms with Gasteiger partial charge in [-0.2, -0.15) is 0 Å². The van der Waals surface area contributed by atoms with Gasteiger partial charge in [-0.25, -0.2) is 0 Å². The Kier molecular flexibility index (Phi) is 4.05. The van der Waals surface area contributed by atoms with E-state index in [2.05, 4.69) is 10.6 Å². The Balaban J connectivity index is 1.55. The van der Waals surface area contributed by atoms with Crippen LogP contribution >= 0.6 is 0 Å². The number of carbonyl (C=O) groups excluding carboxylic acids is 1. The summed E-state index contributed by atoms with van der Waals surface area (Å²) in [7, 11) is -0.622. The van der Waals surface area contributed by atoms with Crippen molar-refractivity contribution in [2.24, 2.45) is 0 Å². The summed E-state index contributed by atoms with van der Waals surface area (Å²) in [6.45, 7) is 0. The van der Waals surface area contributed by atoms with Gasteiger partial charge in [0.1, 0.15) is 0 Å². The minimum Gasteiger partial charge on any atom is -0.382 e. The molecule has 3 rings (SSSR count). The van der Waals surface area contributed by atoms with Gasteiger partial charge in [0.2, 0.25) is 0 Å². The lowest BCUT2D eigenvalue weighted by Crippen LogP contribution is -2.29. The first-order chi connectivity index (χ1) is 9.70. The van der Waals surface area contributed by atoms with E-state index in [9.17, 15) is 9.00 Å². The van der Waals surface area contributed by atoms with Gasteiger partial charge in [0.05, 0.1) is 0 Å². The number of hydrogen-bond acceptors (Lipinski definition) is 3. The average Bonchev–Trinajstić information content (AvgIpc) is 3.26. The van der Waals surface area contributed by atoms with Crippen molar-refractivity contribution >= 4 is 22.4 Å². The maximum atomic E-state index is 11.9. The Morgan fingerprint density at radius 2 is 1.65 bits per heavy atom. The predicted molar refractivity (Wildman–Crippen MR) is 81.5 cm³/mol. The summed E-state index contributed by atoms with van der Waals surface area (Å²) in [5.74, 6) is 1.60. The van der Waals surface area contributed by atoms with E-state index < -0.39 is 10.8 Å². The SMILES string of the molecule is O=C(NC1CC1)c1ccc(NC2CCS(=O)CC2)cc1. The molecule has 0 aromatic heterocycles. The van der Waals surface area contributed by atoms with Crippen molar-refractivity contribution < 1.29 is 9.00 Å². The van der Waals surface area contributed by atoms with E-state index in [0.717, 1.165) is 42.9 Å². The number of amides is 1. The maximum Gasteiger partial charge on any atom is 0.251 e. The maximum absolute atomic E-state index is 11.9. The van der Waals surface area contributed by atoms with Crippen LogP contribution in [0.5, 0.6) is 0 Å². The van der Waals surface area contributed by atoms with Crippen molar-refractivity contribution in [3.8, 4) is 0 Å². The van der Waals surface area contributed by atoms with E-state index in [4.69, 9.17) is 0 Å². The van der Waals surface area contributed by atoms with Gasteiger partial charge < -0.3 is 10.6 Å². The van der Waals surface area contributed by atoms with Crippen molar-refractivity contribution in [2.75, 3.05) is 16.8 Å². The van der Waals surface area contributed by atoms with Crippen LogP contribution in [0.25, 0.3) is 0 Å². The van der Waals surface area contributed by atoms with E-state index in [1.54, 1.807) is 0 Å². The first-order valence-electron chi connectivity index (χ1n) is 7.23. The van der Waals surface area contributed by atoms with Crippen molar-refractivity contribution in [3.05, 3.63) is 29.8 Å². The molecule has 2 N–H and O–H groups in total. The number of rotatable bonds is 4. The summed E-state index contributed by atoms with van der Waals surface area (Å²) in [6.07, 6.45) is 4.12. The van der Waals surface area contributed by atoms with Crippen LogP contribution in [-0.4, -0.2) is 33.7 Å². The molecule has 1 amide bonds. The third-order valence-corrected chi connectivity index (χ3v) is 5.20. The van der Waals surface area contributed by atoms with E-state index >= 15 is 0 Å². The molecule has 1 saturated carbocycles. The zero-order valence-corrected chi connectivity index (χ0v) is 12.2. The van der Waals surface area contributed by atoms with Gasteiger partial charge in [-0.1, -0.05) is 0 Å². The van der Waals surface area contributed by atoms with E-state index in [0.29, 0.717) is 17.6 Å². The van der Waals surface area contributed by atoms with Gasteiger partial charge >= 0.3 is 0 Å². The van der Waals surface area contributed by atoms with Crippen molar-refractivity contribution in [3.63, 3.8) is 0 Å². The molecule has 0 spiro atoms. The standard InChI is InChI=1S/C15H20N2O2S/c18-15(17-13-5-6-13)11-1-3-12(4-2-11)16-14-7-9-20(19)10-8-14/h1-4,13-14,16H,5-10H2,(H,17,18). The molecule has 0 atom stereocenters. The third-order valence-electron chi connectivity index (χ3n) is 3.82. The summed E-state index contributed by atoms with van der Waals surface area (Å²) in [6, 6.07) is 8.42. The molecule has 4 nitrogen and oxygen atoms in total. The Bertz CT molecular complexity index is 501. The summed E-state index contributed by atoms with van der Waals surface area (Å²) < 4.78 is 11.3. The predicted octanol–water partition coefficient (Wildman–Crippen LogP) is 1.90. The Labute approximate surface area is 121 Å². The fourth-order valence-corrected chi connectivity index (χ4v) is 3.69. The third kappa shape index (κ3) is 3.60. The van der Waals surface area contributed by atoms with Crippen LogP contribution in [0.3, 0.4) is 0 Å². The van der Waals surface area contributed by atoms with Gasteiger partial charge in [0, 0.05) is 45.6 Å². The molecule has 1 aromatic carbocycles. The second kappa shape index (κ2) is 5.95. The fourth-order valence-electron chi connectivity index (χ4n) is 2.39. The molecule has 0 bridgehead atoms. The van der Waals surface area contributed by atoms with Gasteiger partial charge in [-0.05, 0) is 49.9 Å². The summed E-state index contributed by atoms with van der Waals surface area (Å²) in [5, 5.41) is 6.44. The molecule has 2 fully saturated rings. The highest BCUT2D eigenvalue weighted by Gasteiger charge is 2.23. The van der Waals surface area contributed by atoms with Crippen LogP contribution < -0.4 is 10.6 Å². The number of benzene rings is 1. The van der Waals surface area contributed by atoms with Gasteiger partial charge in [0.15, 0.2) is 0 Å². The summed E-state index contributed by atoms with van der Waals surface area (Å²) in [4.78, 5) is 11.9. The van der Waals surface area contributed by atoms with Crippen LogP contribution in [0.4, 0.5) is 5.69 Å². The number of anilines is 1. The molecule has 20 heavy (non-hydrogen) atoms. The molecular weight excluding hydrogens is 272 g/mol. The van der Waals surface area contributed by atoms with E-state index in [1.807, 2.05) is 24.3 Å². The van der Waals surface area contributed by atoms with E-state index in [1.165, 1.54) is 0 Å².